The Bertz CT molecular complexity index is 484. The SMILES string of the molecule is C.CCc1csc(C(C)C)n1.Cc1csc(C(C)C)n1. The quantitative estimate of drug-likeness (QED) is 0.690. The maximum Gasteiger partial charge on any atom is 0.0953 e. The van der Waals surface area contributed by atoms with Crippen LogP contribution in [0.4, 0.5) is 0 Å². The first-order chi connectivity index (χ1) is 8.93. The van der Waals surface area contributed by atoms with E-state index in [0.29, 0.717) is 11.8 Å². The summed E-state index contributed by atoms with van der Waals surface area (Å²) >= 11 is 3.52. The van der Waals surface area contributed by atoms with Crippen LogP contribution in [0.25, 0.3) is 0 Å². The largest absolute Gasteiger partial charge is 0.246 e. The first kappa shape index (κ1) is 19.3. The molecule has 0 fully saturated rings. The van der Waals surface area contributed by atoms with Gasteiger partial charge in [-0.1, -0.05) is 42.0 Å². The first-order valence-corrected chi connectivity index (χ1v) is 8.56. The third kappa shape index (κ3) is 6.14. The van der Waals surface area contributed by atoms with Crippen molar-refractivity contribution in [2.75, 3.05) is 0 Å². The third-order valence-electron chi connectivity index (χ3n) is 2.56. The summed E-state index contributed by atoms with van der Waals surface area (Å²) in [4.78, 5) is 8.78. The van der Waals surface area contributed by atoms with E-state index >= 15 is 0 Å². The lowest BCUT2D eigenvalue weighted by Crippen LogP contribution is -1.86. The summed E-state index contributed by atoms with van der Waals surface area (Å²) in [5, 5.41) is 6.74. The zero-order chi connectivity index (χ0) is 14.4. The van der Waals surface area contributed by atoms with E-state index in [0.717, 1.165) is 12.1 Å². The molecule has 0 amide bonds. The second-order valence-electron chi connectivity index (χ2n) is 5.17. The summed E-state index contributed by atoms with van der Waals surface area (Å²) in [6.45, 7) is 12.9. The van der Waals surface area contributed by atoms with Gasteiger partial charge >= 0.3 is 0 Å². The van der Waals surface area contributed by atoms with Crippen molar-refractivity contribution >= 4 is 22.7 Å². The van der Waals surface area contributed by atoms with Crippen LogP contribution in [-0.4, -0.2) is 9.97 Å². The van der Waals surface area contributed by atoms with Crippen molar-refractivity contribution in [2.45, 2.75) is 67.2 Å². The van der Waals surface area contributed by atoms with E-state index in [1.807, 2.05) is 6.92 Å². The van der Waals surface area contributed by atoms with E-state index in [2.05, 4.69) is 55.3 Å². The molecule has 0 bridgehead atoms. The molecule has 0 N–H and O–H groups in total. The summed E-state index contributed by atoms with van der Waals surface area (Å²) in [7, 11) is 0. The Hall–Kier alpha value is -0.740. The highest BCUT2D eigenvalue weighted by atomic mass is 32.1. The maximum atomic E-state index is 4.45. The zero-order valence-corrected chi connectivity index (χ0v) is 14.4. The van der Waals surface area contributed by atoms with Crippen molar-refractivity contribution in [1.82, 2.24) is 9.97 Å². The Kier molecular flexibility index (Phi) is 8.90. The molecule has 0 atom stereocenters. The summed E-state index contributed by atoms with van der Waals surface area (Å²) in [6, 6.07) is 0. The molecular formula is C16H28N2S2. The van der Waals surface area contributed by atoms with Gasteiger partial charge < -0.3 is 0 Å². The van der Waals surface area contributed by atoms with Crippen LogP contribution in [-0.2, 0) is 6.42 Å². The Morgan fingerprint density at radius 1 is 0.950 bits per heavy atom. The first-order valence-electron chi connectivity index (χ1n) is 6.80. The molecule has 0 aliphatic rings. The molecule has 0 spiro atoms. The van der Waals surface area contributed by atoms with Crippen molar-refractivity contribution in [3.05, 3.63) is 32.2 Å². The van der Waals surface area contributed by atoms with Gasteiger partial charge in [-0.25, -0.2) is 9.97 Å². The van der Waals surface area contributed by atoms with Crippen LogP contribution >= 0.6 is 22.7 Å². The molecule has 0 unspecified atom stereocenters. The van der Waals surface area contributed by atoms with Crippen LogP contribution in [0, 0.1) is 6.92 Å². The second kappa shape index (κ2) is 9.24. The highest BCUT2D eigenvalue weighted by Crippen LogP contribution is 2.19. The van der Waals surface area contributed by atoms with E-state index in [9.17, 15) is 0 Å². The number of hydrogen-bond donors (Lipinski definition) is 0. The molecule has 0 aromatic carbocycles. The Labute approximate surface area is 132 Å². The second-order valence-corrected chi connectivity index (χ2v) is 6.95. The molecule has 2 heterocycles. The van der Waals surface area contributed by atoms with Crippen LogP contribution in [0.2, 0.25) is 0 Å². The molecule has 2 aromatic heterocycles. The van der Waals surface area contributed by atoms with Crippen molar-refractivity contribution in [3.63, 3.8) is 0 Å². The minimum absolute atomic E-state index is 0. The fourth-order valence-corrected chi connectivity index (χ4v) is 3.12. The van der Waals surface area contributed by atoms with Gasteiger partial charge in [-0.2, -0.15) is 0 Å². The van der Waals surface area contributed by atoms with Gasteiger partial charge in [-0.3, -0.25) is 0 Å². The molecule has 2 nitrogen and oxygen atoms in total. The molecule has 4 heteroatoms. The predicted molar refractivity (Wildman–Crippen MR) is 93.3 cm³/mol. The van der Waals surface area contributed by atoms with Gasteiger partial charge in [-0.15, -0.1) is 22.7 Å². The van der Waals surface area contributed by atoms with Gasteiger partial charge in [0.2, 0.25) is 0 Å². The van der Waals surface area contributed by atoms with Crippen molar-refractivity contribution in [2.24, 2.45) is 0 Å². The summed E-state index contributed by atoms with van der Waals surface area (Å²) in [6.07, 6.45) is 1.06. The fraction of sp³-hybridized carbons (Fsp3) is 0.625. The van der Waals surface area contributed by atoms with Crippen LogP contribution in [0.3, 0.4) is 0 Å². The molecule has 0 radical (unpaired) electrons. The average molecular weight is 313 g/mol. The Morgan fingerprint density at radius 3 is 1.70 bits per heavy atom. The van der Waals surface area contributed by atoms with Gasteiger partial charge in [0, 0.05) is 28.3 Å². The van der Waals surface area contributed by atoms with E-state index < -0.39 is 0 Å². The summed E-state index contributed by atoms with van der Waals surface area (Å²) < 4.78 is 0. The van der Waals surface area contributed by atoms with E-state index in [-0.39, 0.29) is 7.43 Å². The number of aromatic nitrogens is 2. The van der Waals surface area contributed by atoms with Crippen molar-refractivity contribution < 1.29 is 0 Å². The molecule has 0 saturated heterocycles. The maximum absolute atomic E-state index is 4.45. The number of rotatable bonds is 3. The lowest BCUT2D eigenvalue weighted by atomic mass is 10.2. The van der Waals surface area contributed by atoms with E-state index in [4.69, 9.17) is 0 Å². The number of thiazole rings is 2. The minimum Gasteiger partial charge on any atom is -0.246 e. The molecule has 0 saturated carbocycles. The average Bonchev–Trinajstić information content (AvgIpc) is 2.97. The number of aryl methyl sites for hydroxylation is 2. The summed E-state index contributed by atoms with van der Waals surface area (Å²) in [5.74, 6) is 1.17. The molecule has 114 valence electrons. The number of nitrogens with zero attached hydrogens (tertiary/aromatic N) is 2. The molecule has 20 heavy (non-hydrogen) atoms. The van der Waals surface area contributed by atoms with Crippen LogP contribution in [0.15, 0.2) is 10.8 Å². The smallest absolute Gasteiger partial charge is 0.0953 e. The van der Waals surface area contributed by atoms with Gasteiger partial charge in [0.05, 0.1) is 15.7 Å². The minimum atomic E-state index is 0. The van der Waals surface area contributed by atoms with Crippen LogP contribution < -0.4 is 0 Å². The molecular weight excluding hydrogens is 284 g/mol. The lowest BCUT2D eigenvalue weighted by Gasteiger charge is -1.95. The van der Waals surface area contributed by atoms with Crippen molar-refractivity contribution in [3.8, 4) is 0 Å². The molecule has 2 aromatic rings. The van der Waals surface area contributed by atoms with Crippen molar-refractivity contribution in [1.29, 1.82) is 0 Å². The lowest BCUT2D eigenvalue weighted by molar-refractivity contribution is 0.840. The van der Waals surface area contributed by atoms with Crippen LogP contribution in [0.1, 0.15) is 75.3 Å². The Balaban J connectivity index is 0.000000345. The molecule has 0 aliphatic heterocycles. The topological polar surface area (TPSA) is 25.8 Å². The van der Waals surface area contributed by atoms with Gasteiger partial charge in [0.25, 0.3) is 0 Å². The normalized spacial score (nSPS) is 10.2. The third-order valence-corrected chi connectivity index (χ3v) is 5.01. The fourth-order valence-electron chi connectivity index (χ4n) is 1.39. The summed E-state index contributed by atoms with van der Waals surface area (Å²) in [5.41, 5.74) is 2.37. The van der Waals surface area contributed by atoms with Crippen LogP contribution in [0.5, 0.6) is 0 Å². The monoisotopic (exact) mass is 312 g/mol. The molecule has 2 rings (SSSR count). The van der Waals surface area contributed by atoms with E-state index in [1.54, 1.807) is 22.7 Å². The molecule has 0 aliphatic carbocycles. The number of hydrogen-bond acceptors (Lipinski definition) is 4. The Morgan fingerprint density at radius 2 is 1.45 bits per heavy atom. The predicted octanol–water partition coefficient (Wildman–Crippen LogP) is 6.04. The standard InChI is InChI=1S/C8H13NS.C7H11NS.CH4/c1-4-7-5-10-8(9-7)6(2)3;1-5(2)7-8-6(3)4-9-7;/h5-6H,4H2,1-3H3;4-5H,1-3H3;1H4. The zero-order valence-electron chi connectivity index (χ0n) is 12.7. The van der Waals surface area contributed by atoms with E-state index in [1.165, 1.54) is 15.7 Å². The van der Waals surface area contributed by atoms with Gasteiger partial charge in [-0.05, 0) is 13.3 Å². The van der Waals surface area contributed by atoms with Gasteiger partial charge in [0.1, 0.15) is 0 Å². The highest BCUT2D eigenvalue weighted by Gasteiger charge is 2.03. The highest BCUT2D eigenvalue weighted by molar-refractivity contribution is 7.10. The van der Waals surface area contributed by atoms with Gasteiger partial charge in [0.15, 0.2) is 0 Å².